The van der Waals surface area contributed by atoms with Crippen LogP contribution in [-0.2, 0) is 6.54 Å². The van der Waals surface area contributed by atoms with E-state index in [0.717, 1.165) is 11.3 Å². The molecule has 0 saturated heterocycles. The van der Waals surface area contributed by atoms with E-state index in [4.69, 9.17) is 4.74 Å². The van der Waals surface area contributed by atoms with E-state index < -0.39 is 0 Å². The molecule has 1 amide bonds. The number of nitrogens with zero attached hydrogens (tertiary/aromatic N) is 3. The highest BCUT2D eigenvalue weighted by Gasteiger charge is 2.08. The molecule has 3 rings (SSSR count). The van der Waals surface area contributed by atoms with Gasteiger partial charge >= 0.3 is 0 Å². The van der Waals surface area contributed by atoms with Crippen LogP contribution in [0.25, 0.3) is 0 Å². The Morgan fingerprint density at radius 3 is 2.67 bits per heavy atom. The molecule has 0 fully saturated rings. The van der Waals surface area contributed by atoms with Gasteiger partial charge in [0.1, 0.15) is 17.1 Å². The average Bonchev–Trinajstić information content (AvgIpc) is 3.14. The lowest BCUT2D eigenvalue weighted by atomic mass is 10.2. The van der Waals surface area contributed by atoms with Crippen molar-refractivity contribution in [3.8, 4) is 5.75 Å². The van der Waals surface area contributed by atoms with Crippen molar-refractivity contribution in [1.82, 2.24) is 15.2 Å². The van der Waals surface area contributed by atoms with Crippen molar-refractivity contribution in [2.24, 2.45) is 0 Å². The van der Waals surface area contributed by atoms with E-state index in [1.54, 1.807) is 24.8 Å². The number of hydrogen-bond donors (Lipinski definition) is 2. The van der Waals surface area contributed by atoms with Gasteiger partial charge in [0.25, 0.3) is 5.91 Å². The van der Waals surface area contributed by atoms with E-state index in [1.807, 2.05) is 24.3 Å². The second-order valence-corrected chi connectivity index (χ2v) is 5.66. The molecule has 3 aromatic rings. The van der Waals surface area contributed by atoms with E-state index in [9.17, 15) is 4.79 Å². The van der Waals surface area contributed by atoms with Crippen LogP contribution in [0, 0.1) is 0 Å². The molecule has 24 heavy (non-hydrogen) atoms. The molecule has 0 aliphatic rings. The highest BCUT2D eigenvalue weighted by Crippen LogP contribution is 2.14. The lowest BCUT2D eigenvalue weighted by Gasteiger charge is -2.07. The molecule has 0 unspecified atom stereocenters. The predicted molar refractivity (Wildman–Crippen MR) is 92.4 cm³/mol. The largest absolute Gasteiger partial charge is 0.497 e. The number of hydrogen-bond acceptors (Lipinski definition) is 7. The Balaban J connectivity index is 1.56. The Bertz CT molecular complexity index is 788. The lowest BCUT2D eigenvalue weighted by molar-refractivity contribution is 0.102. The fraction of sp³-hybridized carbons (Fsp3) is 0.125. The summed E-state index contributed by atoms with van der Waals surface area (Å²) >= 11 is 1.26. The first-order chi connectivity index (χ1) is 11.7. The zero-order valence-corrected chi connectivity index (χ0v) is 13.7. The maximum absolute atomic E-state index is 12.0. The van der Waals surface area contributed by atoms with Crippen molar-refractivity contribution in [2.75, 3.05) is 17.7 Å². The van der Waals surface area contributed by atoms with Crippen LogP contribution in [0.2, 0.25) is 0 Å². The number of benzene rings is 1. The van der Waals surface area contributed by atoms with Crippen LogP contribution in [0.3, 0.4) is 0 Å². The molecular formula is C16H15N5O2S. The highest BCUT2D eigenvalue weighted by molar-refractivity contribution is 7.13. The Morgan fingerprint density at radius 2 is 2.04 bits per heavy atom. The van der Waals surface area contributed by atoms with Crippen molar-refractivity contribution in [1.29, 1.82) is 0 Å². The van der Waals surface area contributed by atoms with Crippen LogP contribution in [0.1, 0.15) is 15.9 Å². The zero-order valence-electron chi connectivity index (χ0n) is 12.9. The predicted octanol–water partition coefficient (Wildman–Crippen LogP) is 2.81. The molecule has 2 aromatic heterocycles. The Labute approximate surface area is 142 Å². The number of nitrogens with one attached hydrogen (secondary N) is 2. The van der Waals surface area contributed by atoms with Crippen LogP contribution in [0.4, 0.5) is 10.9 Å². The summed E-state index contributed by atoms with van der Waals surface area (Å²) in [5.74, 6) is 1.25. The fourth-order valence-corrected chi connectivity index (χ4v) is 2.41. The van der Waals surface area contributed by atoms with Crippen molar-refractivity contribution < 1.29 is 9.53 Å². The van der Waals surface area contributed by atoms with Gasteiger partial charge in [-0.05, 0) is 29.8 Å². The number of carbonyl (C=O) groups is 1. The molecule has 0 radical (unpaired) electrons. The van der Waals surface area contributed by atoms with Gasteiger partial charge in [-0.15, -0.1) is 10.2 Å². The Kier molecular flexibility index (Phi) is 4.97. The minimum absolute atomic E-state index is 0.263. The summed E-state index contributed by atoms with van der Waals surface area (Å²) in [6.07, 6.45) is 1.52. The Hall–Kier alpha value is -3.00. The van der Waals surface area contributed by atoms with Gasteiger partial charge in [-0.1, -0.05) is 23.5 Å². The van der Waals surface area contributed by atoms with Gasteiger partial charge in [0.15, 0.2) is 0 Å². The number of rotatable bonds is 6. The van der Waals surface area contributed by atoms with Crippen LogP contribution in [0.5, 0.6) is 5.75 Å². The number of carbonyl (C=O) groups excluding carboxylic acids is 1. The lowest BCUT2D eigenvalue weighted by Crippen LogP contribution is -2.12. The molecule has 7 nitrogen and oxygen atoms in total. The highest BCUT2D eigenvalue weighted by atomic mass is 32.1. The standard InChI is InChI=1S/C16H15N5O2S/c1-23-13-5-2-11(3-6-13)8-17-14-7-4-12(9-18-14)15(22)20-16-21-19-10-24-16/h2-7,9-10H,8H2,1H3,(H,17,18)(H,20,21,22). The smallest absolute Gasteiger partial charge is 0.259 e. The van der Waals surface area contributed by atoms with E-state index >= 15 is 0 Å². The Morgan fingerprint density at radius 1 is 1.21 bits per heavy atom. The zero-order chi connectivity index (χ0) is 16.8. The third kappa shape index (κ3) is 4.05. The first kappa shape index (κ1) is 15.9. The average molecular weight is 341 g/mol. The summed E-state index contributed by atoms with van der Waals surface area (Å²) in [6, 6.07) is 11.3. The number of methoxy groups -OCH3 is 1. The summed E-state index contributed by atoms with van der Waals surface area (Å²) < 4.78 is 5.13. The second-order valence-electron chi connectivity index (χ2n) is 4.83. The molecule has 0 spiro atoms. The second kappa shape index (κ2) is 7.51. The van der Waals surface area contributed by atoms with Crippen LogP contribution in [0.15, 0.2) is 48.1 Å². The van der Waals surface area contributed by atoms with Crippen molar-refractivity contribution in [3.63, 3.8) is 0 Å². The normalized spacial score (nSPS) is 10.2. The molecule has 0 saturated carbocycles. The topological polar surface area (TPSA) is 89.0 Å². The summed E-state index contributed by atoms with van der Waals surface area (Å²) in [5.41, 5.74) is 3.12. The fourth-order valence-electron chi connectivity index (χ4n) is 1.97. The number of ether oxygens (including phenoxy) is 1. The van der Waals surface area contributed by atoms with E-state index in [0.29, 0.717) is 23.1 Å². The van der Waals surface area contributed by atoms with E-state index in [1.165, 1.54) is 17.5 Å². The summed E-state index contributed by atoms with van der Waals surface area (Å²) in [4.78, 5) is 16.3. The molecule has 0 aliphatic carbocycles. The van der Waals surface area contributed by atoms with Crippen molar-refractivity contribution >= 4 is 28.2 Å². The number of anilines is 2. The van der Waals surface area contributed by atoms with Gasteiger partial charge in [0.05, 0.1) is 12.7 Å². The molecule has 0 bridgehead atoms. The van der Waals surface area contributed by atoms with E-state index in [-0.39, 0.29) is 5.91 Å². The molecule has 1 aromatic carbocycles. The SMILES string of the molecule is COc1ccc(CNc2ccc(C(=O)Nc3nncs3)cn2)cc1. The van der Waals surface area contributed by atoms with Gasteiger partial charge in [-0.3, -0.25) is 10.1 Å². The van der Waals surface area contributed by atoms with Crippen LogP contribution < -0.4 is 15.4 Å². The van der Waals surface area contributed by atoms with Crippen molar-refractivity contribution in [2.45, 2.75) is 6.54 Å². The summed E-state index contributed by atoms with van der Waals surface area (Å²) in [6.45, 7) is 0.632. The third-order valence-corrected chi connectivity index (χ3v) is 3.85. The van der Waals surface area contributed by atoms with Gasteiger partial charge in [0, 0.05) is 12.7 Å². The monoisotopic (exact) mass is 341 g/mol. The molecular weight excluding hydrogens is 326 g/mol. The molecule has 8 heteroatoms. The van der Waals surface area contributed by atoms with Gasteiger partial charge < -0.3 is 10.1 Å². The first-order valence-corrected chi connectivity index (χ1v) is 8.03. The quantitative estimate of drug-likeness (QED) is 0.717. The minimum Gasteiger partial charge on any atom is -0.497 e. The molecule has 0 atom stereocenters. The number of pyridine rings is 1. The number of amides is 1. The molecule has 0 aliphatic heterocycles. The molecule has 2 heterocycles. The summed E-state index contributed by atoms with van der Waals surface area (Å²) in [5, 5.41) is 13.8. The maximum Gasteiger partial charge on any atom is 0.259 e. The number of aromatic nitrogens is 3. The van der Waals surface area contributed by atoms with Gasteiger partial charge in [-0.2, -0.15) is 0 Å². The van der Waals surface area contributed by atoms with Crippen LogP contribution in [-0.4, -0.2) is 28.2 Å². The first-order valence-electron chi connectivity index (χ1n) is 7.15. The summed E-state index contributed by atoms with van der Waals surface area (Å²) in [7, 11) is 1.64. The van der Waals surface area contributed by atoms with Crippen LogP contribution >= 0.6 is 11.3 Å². The maximum atomic E-state index is 12.0. The molecule has 122 valence electrons. The molecule has 2 N–H and O–H groups in total. The van der Waals surface area contributed by atoms with Crippen molar-refractivity contribution in [3.05, 3.63) is 59.2 Å². The minimum atomic E-state index is -0.263. The third-order valence-electron chi connectivity index (χ3n) is 3.24. The van der Waals surface area contributed by atoms with E-state index in [2.05, 4.69) is 25.8 Å². The van der Waals surface area contributed by atoms with Gasteiger partial charge in [0.2, 0.25) is 5.13 Å². The van der Waals surface area contributed by atoms with Gasteiger partial charge in [-0.25, -0.2) is 4.98 Å².